The second-order valence-corrected chi connectivity index (χ2v) is 7.37. The Morgan fingerprint density at radius 2 is 1.50 bits per heavy atom. The molecule has 0 aromatic rings. The highest BCUT2D eigenvalue weighted by molar-refractivity contribution is 5.87. The van der Waals surface area contributed by atoms with Crippen LogP contribution in [0.25, 0.3) is 0 Å². The number of carboxylic acid groups (broad SMARTS) is 1. The Hall–Kier alpha value is -1.32. The van der Waals surface area contributed by atoms with Crippen molar-refractivity contribution in [3.8, 4) is 0 Å². The van der Waals surface area contributed by atoms with Crippen molar-refractivity contribution in [3.05, 3.63) is 11.1 Å². The van der Waals surface area contributed by atoms with Gasteiger partial charge in [-0.15, -0.1) is 0 Å². The highest BCUT2D eigenvalue weighted by Crippen LogP contribution is 2.57. The summed E-state index contributed by atoms with van der Waals surface area (Å²) in [6.45, 7) is 5.75. The third-order valence-corrected chi connectivity index (χ3v) is 5.91. The van der Waals surface area contributed by atoms with Gasteiger partial charge >= 0.3 is 5.97 Å². The van der Waals surface area contributed by atoms with E-state index in [0.717, 1.165) is 38.8 Å². The number of carboxylic acids is 1. The topological polar surface area (TPSA) is 57.6 Å². The van der Waals surface area contributed by atoms with Gasteiger partial charge in [0.2, 0.25) is 5.91 Å². The Balaban J connectivity index is 1.89. The minimum atomic E-state index is -0.779. The summed E-state index contributed by atoms with van der Waals surface area (Å²) in [4.78, 5) is 26.9. The van der Waals surface area contributed by atoms with Crippen molar-refractivity contribution in [2.24, 2.45) is 23.7 Å². The molecule has 1 saturated heterocycles. The Kier molecular flexibility index (Phi) is 4.28. The van der Waals surface area contributed by atoms with Crippen LogP contribution < -0.4 is 0 Å². The summed E-state index contributed by atoms with van der Waals surface area (Å²) < 4.78 is 0. The van der Waals surface area contributed by atoms with Crippen LogP contribution in [-0.4, -0.2) is 35.0 Å². The minimum Gasteiger partial charge on any atom is -0.481 e. The van der Waals surface area contributed by atoms with Crippen LogP contribution in [0.2, 0.25) is 0 Å². The number of rotatable bonds is 2. The summed E-state index contributed by atoms with van der Waals surface area (Å²) in [5.74, 6) is -1.22. The minimum absolute atomic E-state index is 0.0911. The fourth-order valence-electron chi connectivity index (χ4n) is 5.09. The molecular weight excluding hydrogens is 278 g/mol. The van der Waals surface area contributed by atoms with Crippen molar-refractivity contribution in [2.75, 3.05) is 13.1 Å². The molecule has 4 atom stereocenters. The van der Waals surface area contributed by atoms with Gasteiger partial charge in [-0.3, -0.25) is 9.59 Å². The number of hydrogen-bond donors (Lipinski definition) is 1. The maximum atomic E-state index is 13.1. The molecule has 22 heavy (non-hydrogen) atoms. The average Bonchev–Trinajstić information content (AvgIpc) is 2.90. The predicted molar refractivity (Wildman–Crippen MR) is 84.3 cm³/mol. The van der Waals surface area contributed by atoms with Crippen LogP contribution in [0.15, 0.2) is 11.1 Å². The fraction of sp³-hybridized carbons (Fsp3) is 0.778. The quantitative estimate of drug-likeness (QED) is 0.798. The van der Waals surface area contributed by atoms with Crippen molar-refractivity contribution in [3.63, 3.8) is 0 Å². The van der Waals surface area contributed by atoms with Gasteiger partial charge < -0.3 is 10.0 Å². The molecule has 0 aromatic heterocycles. The first-order valence-electron chi connectivity index (χ1n) is 8.71. The van der Waals surface area contributed by atoms with Crippen molar-refractivity contribution >= 4 is 11.9 Å². The molecule has 3 fully saturated rings. The third-order valence-electron chi connectivity index (χ3n) is 5.91. The van der Waals surface area contributed by atoms with E-state index >= 15 is 0 Å². The second kappa shape index (κ2) is 6.05. The molecule has 2 saturated carbocycles. The zero-order valence-electron chi connectivity index (χ0n) is 13.7. The highest BCUT2D eigenvalue weighted by atomic mass is 16.4. The van der Waals surface area contributed by atoms with E-state index in [1.165, 1.54) is 24.0 Å². The lowest BCUT2D eigenvalue weighted by molar-refractivity contribution is -0.152. The SMILES string of the molecule is CC(C)=C1[C@H]2CC[C@H]1[C@H](C(=O)N1CCCCCC1)[C@H]2C(=O)O. The maximum Gasteiger partial charge on any atom is 0.307 e. The van der Waals surface area contributed by atoms with Gasteiger partial charge in [0.15, 0.2) is 0 Å². The van der Waals surface area contributed by atoms with E-state index in [1.54, 1.807) is 0 Å². The van der Waals surface area contributed by atoms with E-state index < -0.39 is 11.9 Å². The molecule has 0 radical (unpaired) electrons. The lowest BCUT2D eigenvalue weighted by atomic mass is 9.78. The summed E-state index contributed by atoms with van der Waals surface area (Å²) in [5.41, 5.74) is 2.51. The number of carbonyl (C=O) groups is 2. The van der Waals surface area contributed by atoms with Crippen LogP contribution in [0.1, 0.15) is 52.4 Å². The third kappa shape index (κ3) is 2.46. The Morgan fingerprint density at radius 3 is 2.00 bits per heavy atom. The zero-order valence-corrected chi connectivity index (χ0v) is 13.7. The van der Waals surface area contributed by atoms with Gasteiger partial charge in [0.05, 0.1) is 11.8 Å². The van der Waals surface area contributed by atoms with E-state index in [-0.39, 0.29) is 23.7 Å². The maximum absolute atomic E-state index is 13.1. The molecule has 1 amide bonds. The smallest absolute Gasteiger partial charge is 0.307 e. The molecule has 2 bridgehead atoms. The molecule has 1 N–H and O–H groups in total. The van der Waals surface area contributed by atoms with Gasteiger partial charge in [0, 0.05) is 13.1 Å². The van der Waals surface area contributed by atoms with Gasteiger partial charge in [-0.25, -0.2) is 0 Å². The highest BCUT2D eigenvalue weighted by Gasteiger charge is 2.57. The molecule has 1 aliphatic heterocycles. The van der Waals surface area contributed by atoms with Gasteiger partial charge in [0.25, 0.3) is 0 Å². The number of likely N-dealkylation sites (tertiary alicyclic amines) is 1. The summed E-state index contributed by atoms with van der Waals surface area (Å²) in [6, 6.07) is 0. The molecule has 4 heteroatoms. The number of amides is 1. The molecule has 3 rings (SSSR count). The normalized spacial score (nSPS) is 34.6. The summed E-state index contributed by atoms with van der Waals surface area (Å²) in [5, 5.41) is 9.71. The van der Waals surface area contributed by atoms with Crippen LogP contribution in [0.4, 0.5) is 0 Å². The summed E-state index contributed by atoms with van der Waals surface area (Å²) >= 11 is 0. The number of hydrogen-bond acceptors (Lipinski definition) is 2. The molecule has 2 aliphatic carbocycles. The Bertz CT molecular complexity index is 498. The van der Waals surface area contributed by atoms with Crippen molar-refractivity contribution in [1.82, 2.24) is 4.90 Å². The lowest BCUT2D eigenvalue weighted by Gasteiger charge is -2.31. The second-order valence-electron chi connectivity index (χ2n) is 7.37. The Morgan fingerprint density at radius 1 is 0.955 bits per heavy atom. The largest absolute Gasteiger partial charge is 0.481 e. The average molecular weight is 305 g/mol. The lowest BCUT2D eigenvalue weighted by Crippen LogP contribution is -2.44. The molecular formula is C18H27NO3. The fourth-order valence-corrected chi connectivity index (χ4v) is 5.09. The van der Waals surface area contributed by atoms with E-state index in [0.29, 0.717) is 0 Å². The number of nitrogens with zero attached hydrogens (tertiary/aromatic N) is 1. The van der Waals surface area contributed by atoms with Crippen molar-refractivity contribution in [2.45, 2.75) is 52.4 Å². The molecule has 0 unspecified atom stereocenters. The van der Waals surface area contributed by atoms with Gasteiger partial charge in [-0.1, -0.05) is 24.0 Å². The first-order valence-corrected chi connectivity index (χ1v) is 8.71. The number of carbonyl (C=O) groups excluding carboxylic acids is 1. The molecule has 4 nitrogen and oxygen atoms in total. The summed E-state index contributed by atoms with van der Waals surface area (Å²) in [6.07, 6.45) is 6.40. The van der Waals surface area contributed by atoms with Crippen LogP contribution in [-0.2, 0) is 9.59 Å². The van der Waals surface area contributed by atoms with Crippen LogP contribution in [0.3, 0.4) is 0 Å². The molecule has 122 valence electrons. The number of fused-ring (bicyclic) bond motifs is 2. The van der Waals surface area contributed by atoms with Gasteiger partial charge in [-0.05, 0) is 51.4 Å². The molecule has 0 aromatic carbocycles. The monoisotopic (exact) mass is 305 g/mol. The van der Waals surface area contributed by atoms with Gasteiger partial charge in [-0.2, -0.15) is 0 Å². The standard InChI is InChI=1S/C18H27NO3/c1-11(2)14-12-7-8-13(14)16(18(21)22)15(12)17(20)19-9-5-3-4-6-10-19/h12-13,15-16H,3-10H2,1-2H3,(H,21,22)/t12-,13-,15+,16+/m1/s1. The summed E-state index contributed by atoms with van der Waals surface area (Å²) in [7, 11) is 0. The van der Waals surface area contributed by atoms with Crippen LogP contribution in [0, 0.1) is 23.7 Å². The van der Waals surface area contributed by atoms with Crippen molar-refractivity contribution < 1.29 is 14.7 Å². The molecule has 0 spiro atoms. The predicted octanol–water partition coefficient (Wildman–Crippen LogP) is 3.08. The van der Waals surface area contributed by atoms with E-state index in [2.05, 4.69) is 13.8 Å². The molecule has 3 aliphatic rings. The molecule has 1 heterocycles. The first kappa shape index (κ1) is 15.6. The van der Waals surface area contributed by atoms with Crippen LogP contribution in [0.5, 0.6) is 0 Å². The Labute approximate surface area is 132 Å². The van der Waals surface area contributed by atoms with E-state index in [9.17, 15) is 14.7 Å². The number of aliphatic carboxylic acids is 1. The van der Waals surface area contributed by atoms with Gasteiger partial charge in [0.1, 0.15) is 0 Å². The zero-order chi connectivity index (χ0) is 15.9. The van der Waals surface area contributed by atoms with Crippen molar-refractivity contribution in [1.29, 1.82) is 0 Å². The van der Waals surface area contributed by atoms with E-state index in [4.69, 9.17) is 0 Å². The first-order chi connectivity index (χ1) is 10.5. The van der Waals surface area contributed by atoms with E-state index in [1.807, 2.05) is 4.90 Å². The number of allylic oxidation sites excluding steroid dienone is 2. The van der Waals surface area contributed by atoms with Crippen LogP contribution >= 0.6 is 0 Å².